The molecule has 3 atom stereocenters. The van der Waals surface area contributed by atoms with Crippen LogP contribution in [0.1, 0.15) is 23.2 Å². The van der Waals surface area contributed by atoms with Crippen LogP contribution in [0, 0.1) is 0 Å². The Balaban J connectivity index is 1.56. The van der Waals surface area contributed by atoms with Crippen LogP contribution in [0.2, 0.25) is 0 Å². The zero-order valence-electron chi connectivity index (χ0n) is 13.2. The number of hydrogen-bond acceptors (Lipinski definition) is 5. The van der Waals surface area contributed by atoms with Gasteiger partial charge in [-0.25, -0.2) is 4.98 Å². The first-order valence-electron chi connectivity index (χ1n) is 8.23. The third-order valence-electron chi connectivity index (χ3n) is 4.56. The molecule has 4 heterocycles. The summed E-state index contributed by atoms with van der Waals surface area (Å²) in [4.78, 5) is 23.0. The Labute approximate surface area is 140 Å². The lowest BCUT2D eigenvalue weighted by Gasteiger charge is -2.32. The van der Waals surface area contributed by atoms with E-state index in [0.717, 1.165) is 12.8 Å². The molecule has 6 heteroatoms. The van der Waals surface area contributed by atoms with E-state index in [1.165, 1.54) is 0 Å². The largest absolute Gasteiger partial charge is 0.470 e. The number of carbonyl (C=O) groups is 1. The first-order valence-corrected chi connectivity index (χ1v) is 8.23. The molecule has 24 heavy (non-hydrogen) atoms. The third-order valence-corrected chi connectivity index (χ3v) is 4.56. The molecule has 0 aromatic carbocycles. The fraction of sp³-hybridized carbons (Fsp3) is 0.389. The molecule has 0 spiro atoms. The zero-order valence-corrected chi connectivity index (χ0v) is 13.2. The highest BCUT2D eigenvalue weighted by atomic mass is 16.5. The number of pyridine rings is 2. The van der Waals surface area contributed by atoms with Crippen molar-refractivity contribution in [2.24, 2.45) is 0 Å². The fourth-order valence-corrected chi connectivity index (χ4v) is 3.47. The predicted molar refractivity (Wildman–Crippen MR) is 86.7 cm³/mol. The number of fused-ring (bicyclic) bond motifs is 1. The molecule has 124 valence electrons. The first kappa shape index (κ1) is 15.1. The quantitative estimate of drug-likeness (QED) is 0.863. The van der Waals surface area contributed by atoms with Crippen LogP contribution >= 0.6 is 0 Å². The number of ether oxygens (including phenoxy) is 2. The van der Waals surface area contributed by atoms with Crippen molar-refractivity contribution in [3.63, 3.8) is 0 Å². The van der Waals surface area contributed by atoms with E-state index in [4.69, 9.17) is 9.47 Å². The lowest BCUT2D eigenvalue weighted by Crippen LogP contribution is -2.44. The van der Waals surface area contributed by atoms with E-state index in [1.54, 1.807) is 30.7 Å². The van der Waals surface area contributed by atoms with Crippen LogP contribution in [0.3, 0.4) is 0 Å². The van der Waals surface area contributed by atoms with Gasteiger partial charge in [0.1, 0.15) is 12.2 Å². The summed E-state index contributed by atoms with van der Waals surface area (Å²) in [6.45, 7) is 1.21. The summed E-state index contributed by atoms with van der Waals surface area (Å²) in [7, 11) is 0. The van der Waals surface area contributed by atoms with Crippen LogP contribution < -0.4 is 4.74 Å². The number of hydrogen-bond donors (Lipinski definition) is 0. The molecular formula is C18H19N3O3. The highest BCUT2D eigenvalue weighted by Gasteiger charge is 2.47. The summed E-state index contributed by atoms with van der Waals surface area (Å²) >= 11 is 0. The molecule has 0 aliphatic carbocycles. The molecule has 1 amide bonds. The van der Waals surface area contributed by atoms with Crippen molar-refractivity contribution in [3.8, 4) is 5.88 Å². The molecule has 0 bridgehead atoms. The molecule has 0 radical (unpaired) electrons. The van der Waals surface area contributed by atoms with Gasteiger partial charge < -0.3 is 14.4 Å². The fourth-order valence-electron chi connectivity index (χ4n) is 3.47. The van der Waals surface area contributed by atoms with E-state index in [9.17, 15) is 4.79 Å². The highest BCUT2D eigenvalue weighted by Crippen LogP contribution is 2.32. The van der Waals surface area contributed by atoms with Gasteiger partial charge in [-0.1, -0.05) is 6.07 Å². The van der Waals surface area contributed by atoms with E-state index in [0.29, 0.717) is 24.6 Å². The standard InChI is InChI=1S/C18H19N3O3/c22-18(13-5-3-8-19-11-13)21-12-15(17-14(21)6-4-10-23-17)24-16-7-1-2-9-20-16/h1-3,5,7-9,11,14-15,17H,4,6,10,12H2/t14-,15+,17+/m0/s1. The van der Waals surface area contributed by atoms with Crippen molar-refractivity contribution in [1.29, 1.82) is 0 Å². The monoisotopic (exact) mass is 325 g/mol. The molecule has 0 unspecified atom stereocenters. The molecule has 0 saturated carbocycles. The SMILES string of the molecule is O=C(c1cccnc1)N1C[C@@H](Oc2ccccn2)[C@@H]2OCCC[C@@H]21. The number of carbonyl (C=O) groups excluding carboxylic acids is 1. The molecular weight excluding hydrogens is 306 g/mol. The van der Waals surface area contributed by atoms with Gasteiger partial charge in [0.2, 0.25) is 5.88 Å². The van der Waals surface area contributed by atoms with Gasteiger partial charge in [-0.05, 0) is 31.0 Å². The van der Waals surface area contributed by atoms with Crippen molar-refractivity contribution in [3.05, 3.63) is 54.5 Å². The summed E-state index contributed by atoms with van der Waals surface area (Å²) in [5, 5.41) is 0. The summed E-state index contributed by atoms with van der Waals surface area (Å²) in [6.07, 6.45) is 6.54. The molecule has 2 aliphatic heterocycles. The minimum atomic E-state index is -0.203. The highest BCUT2D eigenvalue weighted by molar-refractivity contribution is 5.94. The normalized spacial score (nSPS) is 26.0. The Morgan fingerprint density at radius 1 is 1.25 bits per heavy atom. The molecule has 2 fully saturated rings. The maximum atomic E-state index is 12.9. The van der Waals surface area contributed by atoms with Crippen molar-refractivity contribution in [1.82, 2.24) is 14.9 Å². The second-order valence-electron chi connectivity index (χ2n) is 6.07. The van der Waals surface area contributed by atoms with Gasteiger partial charge in [0.05, 0.1) is 18.2 Å². The average molecular weight is 325 g/mol. The van der Waals surface area contributed by atoms with Crippen LogP contribution in [0.15, 0.2) is 48.9 Å². The number of likely N-dealkylation sites (tertiary alicyclic amines) is 1. The molecule has 2 aromatic rings. The lowest BCUT2D eigenvalue weighted by molar-refractivity contribution is -0.0455. The zero-order chi connectivity index (χ0) is 16.4. The lowest BCUT2D eigenvalue weighted by atomic mass is 10.0. The van der Waals surface area contributed by atoms with Gasteiger partial charge in [0, 0.05) is 31.3 Å². The van der Waals surface area contributed by atoms with Crippen LogP contribution in [-0.4, -0.2) is 52.2 Å². The smallest absolute Gasteiger partial charge is 0.255 e. The Hall–Kier alpha value is -2.47. The Bertz CT molecular complexity index is 695. The second-order valence-corrected chi connectivity index (χ2v) is 6.07. The van der Waals surface area contributed by atoms with Crippen molar-refractivity contribution >= 4 is 5.91 Å². The number of rotatable bonds is 3. The van der Waals surface area contributed by atoms with Gasteiger partial charge >= 0.3 is 0 Å². The second kappa shape index (κ2) is 6.57. The molecule has 2 saturated heterocycles. The summed E-state index contributed by atoms with van der Waals surface area (Å²) < 4.78 is 12.0. The maximum absolute atomic E-state index is 12.9. The van der Waals surface area contributed by atoms with E-state index in [-0.39, 0.29) is 24.2 Å². The summed E-state index contributed by atoms with van der Waals surface area (Å²) in [5.41, 5.74) is 0.598. The van der Waals surface area contributed by atoms with Crippen LogP contribution in [-0.2, 0) is 4.74 Å². The molecule has 0 N–H and O–H groups in total. The number of aromatic nitrogens is 2. The molecule has 2 aliphatic rings. The van der Waals surface area contributed by atoms with E-state index in [2.05, 4.69) is 9.97 Å². The number of amides is 1. The van der Waals surface area contributed by atoms with Gasteiger partial charge in [-0.15, -0.1) is 0 Å². The Kier molecular flexibility index (Phi) is 4.13. The van der Waals surface area contributed by atoms with Crippen LogP contribution in [0.25, 0.3) is 0 Å². The van der Waals surface area contributed by atoms with Gasteiger partial charge in [0.15, 0.2) is 0 Å². The van der Waals surface area contributed by atoms with Crippen molar-refractivity contribution < 1.29 is 14.3 Å². The molecule has 6 nitrogen and oxygen atoms in total. The maximum Gasteiger partial charge on any atom is 0.255 e. The summed E-state index contributed by atoms with van der Waals surface area (Å²) in [5.74, 6) is 0.543. The number of nitrogens with zero attached hydrogens (tertiary/aromatic N) is 3. The van der Waals surface area contributed by atoms with E-state index >= 15 is 0 Å². The predicted octanol–water partition coefficient (Wildman–Crippen LogP) is 1.93. The minimum Gasteiger partial charge on any atom is -0.470 e. The third kappa shape index (κ3) is 2.85. The molecule has 4 rings (SSSR count). The molecule has 2 aromatic heterocycles. The van der Waals surface area contributed by atoms with Gasteiger partial charge in [-0.3, -0.25) is 9.78 Å². The topological polar surface area (TPSA) is 64.6 Å². The van der Waals surface area contributed by atoms with Crippen molar-refractivity contribution in [2.45, 2.75) is 31.1 Å². The minimum absolute atomic E-state index is 0.0179. The summed E-state index contributed by atoms with van der Waals surface area (Å²) in [6, 6.07) is 9.17. The Morgan fingerprint density at radius 3 is 3.00 bits per heavy atom. The Morgan fingerprint density at radius 2 is 2.21 bits per heavy atom. The average Bonchev–Trinajstić information content (AvgIpc) is 3.01. The first-order chi connectivity index (χ1) is 11.8. The van der Waals surface area contributed by atoms with E-state index < -0.39 is 0 Å². The van der Waals surface area contributed by atoms with Crippen LogP contribution in [0.5, 0.6) is 5.88 Å². The van der Waals surface area contributed by atoms with E-state index in [1.807, 2.05) is 23.1 Å². The van der Waals surface area contributed by atoms with Crippen LogP contribution in [0.4, 0.5) is 0 Å². The van der Waals surface area contributed by atoms with Crippen molar-refractivity contribution in [2.75, 3.05) is 13.2 Å². The van der Waals surface area contributed by atoms with Gasteiger partial charge in [-0.2, -0.15) is 0 Å². The van der Waals surface area contributed by atoms with Gasteiger partial charge in [0.25, 0.3) is 5.91 Å².